The number of hydrogen-bond donors (Lipinski definition) is 0. The van der Waals surface area contributed by atoms with Gasteiger partial charge >= 0.3 is 6.36 Å². The van der Waals surface area contributed by atoms with E-state index in [0.29, 0.717) is 6.07 Å². The van der Waals surface area contributed by atoms with Crippen LogP contribution in [0.1, 0.15) is 0 Å². The summed E-state index contributed by atoms with van der Waals surface area (Å²) < 4.78 is 60.4. The third kappa shape index (κ3) is 4.91. The maximum absolute atomic E-state index is 11.8. The van der Waals surface area contributed by atoms with Gasteiger partial charge in [0.25, 0.3) is 9.05 Å². The predicted octanol–water partition coefficient (Wildman–Crippen LogP) is 2.93. The van der Waals surface area contributed by atoms with E-state index in [1.54, 1.807) is 0 Å². The summed E-state index contributed by atoms with van der Waals surface area (Å²) in [7, 11) is 0.881. The standard InChI is InChI=1S/C7H4ClF3O3S.ClH/c8-15(12,13)6-3-1-2-5(4-6)14-7(9,10)11;/h1-4H;1H. The quantitative estimate of drug-likeness (QED) is 0.788. The lowest BCUT2D eigenvalue weighted by atomic mass is 10.3. The number of hydrogen-bond acceptors (Lipinski definition) is 3. The van der Waals surface area contributed by atoms with Crippen LogP contribution in [0.5, 0.6) is 5.75 Å². The highest BCUT2D eigenvalue weighted by Gasteiger charge is 2.31. The van der Waals surface area contributed by atoms with Crippen LogP contribution in [0.15, 0.2) is 29.2 Å². The van der Waals surface area contributed by atoms with Crippen LogP contribution in [0.4, 0.5) is 13.2 Å². The van der Waals surface area contributed by atoms with Crippen LogP contribution in [0, 0.1) is 0 Å². The van der Waals surface area contributed by atoms with Crippen molar-refractivity contribution in [1.29, 1.82) is 0 Å². The van der Waals surface area contributed by atoms with E-state index in [2.05, 4.69) is 4.74 Å². The molecule has 1 rings (SSSR count). The lowest BCUT2D eigenvalue weighted by Crippen LogP contribution is -2.17. The predicted molar refractivity (Wildman–Crippen MR) is 53.4 cm³/mol. The molecule has 92 valence electrons. The zero-order valence-corrected chi connectivity index (χ0v) is 9.75. The average molecular weight is 297 g/mol. The molecule has 0 amide bonds. The SMILES string of the molecule is Cl.O=S(=O)(Cl)c1cccc(OC(F)(F)F)c1. The molecule has 0 unspecified atom stereocenters. The van der Waals surface area contributed by atoms with Gasteiger partial charge in [0.05, 0.1) is 4.90 Å². The van der Waals surface area contributed by atoms with Crippen molar-refractivity contribution in [2.75, 3.05) is 0 Å². The molecule has 3 nitrogen and oxygen atoms in total. The van der Waals surface area contributed by atoms with E-state index in [1.807, 2.05) is 0 Å². The van der Waals surface area contributed by atoms with Crippen LogP contribution in [0.3, 0.4) is 0 Å². The molecule has 0 atom stereocenters. The third-order valence-electron chi connectivity index (χ3n) is 1.32. The lowest BCUT2D eigenvalue weighted by molar-refractivity contribution is -0.274. The maximum Gasteiger partial charge on any atom is 0.573 e. The molecule has 0 aromatic heterocycles. The van der Waals surface area contributed by atoms with E-state index < -0.39 is 26.1 Å². The van der Waals surface area contributed by atoms with Gasteiger partial charge in [0.2, 0.25) is 0 Å². The molecule has 0 aliphatic rings. The molecule has 0 bridgehead atoms. The number of benzene rings is 1. The Morgan fingerprint density at radius 3 is 2.25 bits per heavy atom. The first-order valence-corrected chi connectivity index (χ1v) is 5.80. The fourth-order valence-electron chi connectivity index (χ4n) is 0.823. The molecule has 0 saturated carbocycles. The van der Waals surface area contributed by atoms with Gasteiger partial charge in [-0.2, -0.15) is 0 Å². The Bertz CT molecular complexity index is 458. The zero-order chi connectivity index (χ0) is 11.7. The number of rotatable bonds is 2. The van der Waals surface area contributed by atoms with Crippen molar-refractivity contribution in [3.63, 3.8) is 0 Å². The number of alkyl halides is 3. The monoisotopic (exact) mass is 296 g/mol. The van der Waals surface area contributed by atoms with Crippen molar-refractivity contribution in [1.82, 2.24) is 0 Å². The second kappa shape index (κ2) is 5.11. The first kappa shape index (κ1) is 15.3. The van der Waals surface area contributed by atoms with Gasteiger partial charge in [-0.05, 0) is 12.1 Å². The van der Waals surface area contributed by atoms with Crippen molar-refractivity contribution >= 4 is 32.1 Å². The fraction of sp³-hybridized carbons (Fsp3) is 0.143. The molecule has 0 aliphatic carbocycles. The van der Waals surface area contributed by atoms with Crippen molar-refractivity contribution in [3.8, 4) is 5.75 Å². The van der Waals surface area contributed by atoms with Crippen LogP contribution < -0.4 is 4.74 Å². The van der Waals surface area contributed by atoms with E-state index in [1.165, 1.54) is 0 Å². The summed E-state index contributed by atoms with van der Waals surface area (Å²) in [4.78, 5) is -0.453. The molecule has 16 heavy (non-hydrogen) atoms. The first-order valence-electron chi connectivity index (χ1n) is 3.49. The van der Waals surface area contributed by atoms with Gasteiger partial charge < -0.3 is 4.74 Å². The summed E-state index contributed by atoms with van der Waals surface area (Å²) in [5.41, 5.74) is 0. The summed E-state index contributed by atoms with van der Waals surface area (Å²) in [5.74, 6) is -0.635. The summed E-state index contributed by atoms with van der Waals surface area (Å²) in [6.07, 6.45) is -4.87. The Labute approximate surface area is 100.0 Å². The van der Waals surface area contributed by atoms with E-state index in [0.717, 1.165) is 18.2 Å². The summed E-state index contributed by atoms with van der Waals surface area (Å²) >= 11 is 0. The Morgan fingerprint density at radius 2 is 1.81 bits per heavy atom. The molecule has 0 heterocycles. The van der Waals surface area contributed by atoms with Gasteiger partial charge in [0.1, 0.15) is 5.75 Å². The Hall–Kier alpha value is -0.660. The lowest BCUT2D eigenvalue weighted by Gasteiger charge is -2.08. The van der Waals surface area contributed by atoms with Gasteiger partial charge in [0, 0.05) is 16.7 Å². The molecule has 0 radical (unpaired) electrons. The second-order valence-corrected chi connectivity index (χ2v) is 5.03. The average Bonchev–Trinajstić information content (AvgIpc) is 1.99. The molecule has 0 saturated heterocycles. The van der Waals surface area contributed by atoms with Crippen LogP contribution in [-0.4, -0.2) is 14.8 Å². The van der Waals surface area contributed by atoms with Crippen LogP contribution >= 0.6 is 23.1 Å². The number of ether oxygens (including phenoxy) is 1. The maximum atomic E-state index is 11.8. The van der Waals surface area contributed by atoms with Gasteiger partial charge in [0.15, 0.2) is 0 Å². The van der Waals surface area contributed by atoms with Crippen molar-refractivity contribution in [2.45, 2.75) is 11.3 Å². The van der Waals surface area contributed by atoms with E-state index in [9.17, 15) is 21.6 Å². The molecule has 0 aliphatic heterocycles. The molecule has 9 heteroatoms. The zero-order valence-electron chi connectivity index (χ0n) is 7.36. The second-order valence-electron chi connectivity index (χ2n) is 2.46. The number of halogens is 5. The summed E-state index contributed by atoms with van der Waals surface area (Å²) in [6.45, 7) is 0. The summed E-state index contributed by atoms with van der Waals surface area (Å²) in [6, 6.07) is 3.82. The molecular formula is C7H5Cl2F3O3S. The molecular weight excluding hydrogens is 292 g/mol. The first-order chi connectivity index (χ1) is 6.68. The minimum absolute atomic E-state index is 0. The van der Waals surface area contributed by atoms with Gasteiger partial charge in [-0.25, -0.2) is 8.42 Å². The van der Waals surface area contributed by atoms with Crippen molar-refractivity contribution in [3.05, 3.63) is 24.3 Å². The highest BCUT2D eigenvalue weighted by molar-refractivity contribution is 8.13. The van der Waals surface area contributed by atoms with Gasteiger partial charge in [-0.3, -0.25) is 0 Å². The highest BCUT2D eigenvalue weighted by Crippen LogP contribution is 2.25. The largest absolute Gasteiger partial charge is 0.573 e. The Morgan fingerprint density at radius 1 is 1.25 bits per heavy atom. The topological polar surface area (TPSA) is 43.4 Å². The molecule has 1 aromatic carbocycles. The highest BCUT2D eigenvalue weighted by atomic mass is 35.7. The fourth-order valence-corrected chi connectivity index (χ4v) is 1.61. The molecule has 1 aromatic rings. The normalized spacial score (nSPS) is 11.8. The van der Waals surface area contributed by atoms with E-state index >= 15 is 0 Å². The van der Waals surface area contributed by atoms with E-state index in [4.69, 9.17) is 10.7 Å². The van der Waals surface area contributed by atoms with Crippen molar-refractivity contribution in [2.24, 2.45) is 0 Å². The van der Waals surface area contributed by atoms with Gasteiger partial charge in [-0.15, -0.1) is 25.6 Å². The Balaban J connectivity index is 0.00000225. The third-order valence-corrected chi connectivity index (χ3v) is 2.67. The van der Waals surface area contributed by atoms with Crippen LogP contribution in [-0.2, 0) is 9.05 Å². The molecule has 0 N–H and O–H groups in total. The minimum Gasteiger partial charge on any atom is -0.406 e. The van der Waals surface area contributed by atoms with Crippen LogP contribution in [0.25, 0.3) is 0 Å². The smallest absolute Gasteiger partial charge is 0.406 e. The van der Waals surface area contributed by atoms with Gasteiger partial charge in [-0.1, -0.05) is 6.07 Å². The van der Waals surface area contributed by atoms with E-state index in [-0.39, 0.29) is 12.4 Å². The minimum atomic E-state index is -4.87. The van der Waals surface area contributed by atoms with Crippen molar-refractivity contribution < 1.29 is 26.3 Å². The summed E-state index contributed by atoms with van der Waals surface area (Å²) in [5, 5.41) is 0. The Kier molecular flexibility index (Phi) is 4.90. The van der Waals surface area contributed by atoms with Crippen LogP contribution in [0.2, 0.25) is 0 Å². The molecule has 0 spiro atoms. The molecule has 0 fully saturated rings.